The lowest BCUT2D eigenvalue weighted by Crippen LogP contribution is -2.06. The fraction of sp³-hybridized carbons (Fsp3) is 0. The summed E-state index contributed by atoms with van der Waals surface area (Å²) in [6, 6.07) is 38.8. The predicted molar refractivity (Wildman–Crippen MR) is 177 cm³/mol. The van der Waals surface area contributed by atoms with Gasteiger partial charge >= 0.3 is 0 Å². The first kappa shape index (κ1) is 24.1. The fourth-order valence-corrected chi connectivity index (χ4v) is 6.57. The molecule has 0 spiro atoms. The Hall–Kier alpha value is -6.34. The lowest BCUT2D eigenvalue weighted by atomic mass is 10.1. The van der Waals surface area contributed by atoms with Crippen LogP contribution in [0.25, 0.3) is 94.4 Å². The maximum absolute atomic E-state index is 6.25. The minimum absolute atomic E-state index is 0.528. The van der Waals surface area contributed by atoms with E-state index in [1.807, 2.05) is 66.9 Å². The highest BCUT2D eigenvalue weighted by atomic mass is 16.3. The summed E-state index contributed by atoms with van der Waals surface area (Å²) in [5, 5.41) is 6.22. The van der Waals surface area contributed by atoms with Crippen LogP contribution in [0.3, 0.4) is 0 Å². The van der Waals surface area contributed by atoms with Gasteiger partial charge in [0.2, 0.25) is 5.95 Å². The normalized spacial score (nSPS) is 12.0. The molecular formula is C38H21N5O2. The van der Waals surface area contributed by atoms with Crippen molar-refractivity contribution in [2.75, 3.05) is 0 Å². The average molecular weight is 580 g/mol. The van der Waals surface area contributed by atoms with Gasteiger partial charge in [0.1, 0.15) is 22.3 Å². The molecule has 0 atom stereocenters. The van der Waals surface area contributed by atoms with E-state index >= 15 is 0 Å². The summed E-state index contributed by atoms with van der Waals surface area (Å²) >= 11 is 0. The van der Waals surface area contributed by atoms with Crippen LogP contribution in [0.5, 0.6) is 0 Å². The van der Waals surface area contributed by atoms with Crippen LogP contribution < -0.4 is 0 Å². The third-order valence-corrected chi connectivity index (χ3v) is 8.58. The number of furan rings is 2. The number of nitrogens with zero attached hydrogens (tertiary/aromatic N) is 5. The fourth-order valence-electron chi connectivity index (χ4n) is 6.57. The lowest BCUT2D eigenvalue weighted by Gasteiger charge is -2.11. The molecule has 0 saturated carbocycles. The Morgan fingerprint density at radius 3 is 2.00 bits per heavy atom. The Balaban J connectivity index is 1.29. The Labute approximate surface area is 255 Å². The van der Waals surface area contributed by atoms with Crippen molar-refractivity contribution in [1.29, 1.82) is 0 Å². The number of rotatable bonds is 3. The van der Waals surface area contributed by atoms with Crippen LogP contribution in [0.1, 0.15) is 0 Å². The minimum atomic E-state index is 0.528. The van der Waals surface area contributed by atoms with E-state index in [0.29, 0.717) is 17.6 Å². The molecular weight excluding hydrogens is 558 g/mol. The molecule has 0 aliphatic rings. The summed E-state index contributed by atoms with van der Waals surface area (Å²) in [6.07, 6.45) is 3.57. The van der Waals surface area contributed by atoms with Crippen LogP contribution in [0.4, 0.5) is 0 Å². The van der Waals surface area contributed by atoms with Gasteiger partial charge < -0.3 is 8.83 Å². The molecule has 7 heteroatoms. The SMILES string of the molecule is c1ccc2c(c1)oc1cc(-c3nc(-c4cccc5oc6ccncc6c45)nc(-n4c5ccccc5c5ccccc54)n3)ccc12. The molecule has 0 unspecified atom stereocenters. The van der Waals surface area contributed by atoms with Crippen molar-refractivity contribution in [3.8, 4) is 28.7 Å². The zero-order valence-electron chi connectivity index (χ0n) is 23.7. The Morgan fingerprint density at radius 1 is 0.489 bits per heavy atom. The molecule has 0 saturated heterocycles. The van der Waals surface area contributed by atoms with E-state index in [1.54, 1.807) is 6.20 Å². The van der Waals surface area contributed by atoms with Crippen LogP contribution in [0.15, 0.2) is 136 Å². The predicted octanol–water partition coefficient (Wildman–Crippen LogP) is 9.50. The first-order valence-corrected chi connectivity index (χ1v) is 14.7. The lowest BCUT2D eigenvalue weighted by molar-refractivity contribution is 0.668. The summed E-state index contributed by atoms with van der Waals surface area (Å²) in [4.78, 5) is 19.8. The molecule has 0 amide bonds. The van der Waals surface area contributed by atoms with E-state index in [1.165, 1.54) is 0 Å². The molecule has 7 nitrogen and oxygen atoms in total. The molecule has 5 aromatic carbocycles. The molecule has 10 aromatic rings. The van der Waals surface area contributed by atoms with Gasteiger partial charge in [0.25, 0.3) is 0 Å². The third kappa shape index (κ3) is 3.52. The Morgan fingerprint density at radius 2 is 1.16 bits per heavy atom. The standard InChI is InChI=1S/C38H21N5O2/c1-4-12-29-23(8-1)24-9-2-5-13-30(24)43(29)38-41-36(22-16-17-26-25-10-3-6-14-31(25)45-34(26)20-22)40-37(42-38)27-11-7-15-33-35(27)28-21-39-19-18-32(28)44-33/h1-21H. The molecule has 210 valence electrons. The number of pyridine rings is 1. The van der Waals surface area contributed by atoms with Crippen LogP contribution >= 0.6 is 0 Å². The summed E-state index contributed by atoms with van der Waals surface area (Å²) in [7, 11) is 0. The van der Waals surface area contributed by atoms with Gasteiger partial charge in [-0.3, -0.25) is 9.55 Å². The number of benzene rings is 5. The molecule has 0 bridgehead atoms. The summed E-state index contributed by atoms with van der Waals surface area (Å²) in [6.45, 7) is 0. The molecule has 0 aliphatic heterocycles. The van der Waals surface area contributed by atoms with Gasteiger partial charge in [-0.15, -0.1) is 0 Å². The van der Waals surface area contributed by atoms with Gasteiger partial charge in [0.15, 0.2) is 11.6 Å². The average Bonchev–Trinajstić information content (AvgIpc) is 3.77. The molecule has 5 heterocycles. The van der Waals surface area contributed by atoms with E-state index < -0.39 is 0 Å². The van der Waals surface area contributed by atoms with E-state index in [2.05, 4.69) is 64.1 Å². The number of para-hydroxylation sites is 3. The molecule has 0 aliphatic carbocycles. The van der Waals surface area contributed by atoms with E-state index in [4.69, 9.17) is 23.8 Å². The van der Waals surface area contributed by atoms with Crippen molar-refractivity contribution in [2.24, 2.45) is 0 Å². The van der Waals surface area contributed by atoms with Crippen molar-refractivity contribution in [1.82, 2.24) is 24.5 Å². The smallest absolute Gasteiger partial charge is 0.238 e. The van der Waals surface area contributed by atoms with Gasteiger partial charge in [-0.05, 0) is 42.5 Å². The van der Waals surface area contributed by atoms with Crippen LogP contribution in [0, 0.1) is 0 Å². The maximum atomic E-state index is 6.25. The first-order chi connectivity index (χ1) is 22.3. The van der Waals surface area contributed by atoms with E-state index in [-0.39, 0.29) is 0 Å². The highest BCUT2D eigenvalue weighted by Crippen LogP contribution is 2.38. The quantitative estimate of drug-likeness (QED) is 0.207. The maximum Gasteiger partial charge on any atom is 0.238 e. The highest BCUT2D eigenvalue weighted by molar-refractivity contribution is 6.12. The van der Waals surface area contributed by atoms with E-state index in [0.717, 1.165) is 76.8 Å². The van der Waals surface area contributed by atoms with Crippen LogP contribution in [-0.4, -0.2) is 24.5 Å². The summed E-state index contributed by atoms with van der Waals surface area (Å²) < 4.78 is 14.6. The number of hydrogen-bond donors (Lipinski definition) is 0. The second-order valence-electron chi connectivity index (χ2n) is 11.1. The van der Waals surface area contributed by atoms with Crippen LogP contribution in [0.2, 0.25) is 0 Å². The van der Waals surface area contributed by atoms with Crippen molar-refractivity contribution in [3.63, 3.8) is 0 Å². The van der Waals surface area contributed by atoms with Crippen molar-refractivity contribution in [2.45, 2.75) is 0 Å². The molecule has 0 radical (unpaired) electrons. The van der Waals surface area contributed by atoms with Gasteiger partial charge in [0.05, 0.1) is 11.0 Å². The number of hydrogen-bond acceptors (Lipinski definition) is 6. The number of fused-ring (bicyclic) bond motifs is 9. The molecule has 45 heavy (non-hydrogen) atoms. The van der Waals surface area contributed by atoms with E-state index in [9.17, 15) is 0 Å². The van der Waals surface area contributed by atoms with Gasteiger partial charge in [-0.1, -0.05) is 72.8 Å². The van der Waals surface area contributed by atoms with Gasteiger partial charge in [0, 0.05) is 55.8 Å². The van der Waals surface area contributed by atoms with Crippen molar-refractivity contribution >= 4 is 65.7 Å². The second kappa shape index (κ2) is 9.08. The van der Waals surface area contributed by atoms with Crippen molar-refractivity contribution < 1.29 is 8.83 Å². The zero-order valence-corrected chi connectivity index (χ0v) is 23.7. The Kier molecular flexibility index (Phi) is 4.87. The second-order valence-corrected chi connectivity index (χ2v) is 11.1. The zero-order chi connectivity index (χ0) is 29.5. The molecule has 0 N–H and O–H groups in total. The highest BCUT2D eigenvalue weighted by Gasteiger charge is 2.21. The molecule has 0 fully saturated rings. The largest absolute Gasteiger partial charge is 0.456 e. The molecule has 10 rings (SSSR count). The topological polar surface area (TPSA) is 82.8 Å². The summed E-state index contributed by atoms with van der Waals surface area (Å²) in [5.41, 5.74) is 6.85. The van der Waals surface area contributed by atoms with Crippen LogP contribution in [-0.2, 0) is 0 Å². The Bertz CT molecular complexity index is 2740. The minimum Gasteiger partial charge on any atom is -0.456 e. The molecule has 5 aromatic heterocycles. The van der Waals surface area contributed by atoms with Gasteiger partial charge in [-0.2, -0.15) is 9.97 Å². The summed E-state index contributed by atoms with van der Waals surface area (Å²) in [5.74, 6) is 1.61. The first-order valence-electron chi connectivity index (χ1n) is 14.7. The monoisotopic (exact) mass is 579 g/mol. The van der Waals surface area contributed by atoms with Crippen molar-refractivity contribution in [3.05, 3.63) is 128 Å². The van der Waals surface area contributed by atoms with Gasteiger partial charge in [-0.25, -0.2) is 4.98 Å². The number of aromatic nitrogens is 5. The third-order valence-electron chi connectivity index (χ3n) is 8.58.